The average Bonchev–Trinajstić information content (AvgIpc) is 3.70. The van der Waals surface area contributed by atoms with Crippen LogP contribution in [0.1, 0.15) is 61.8 Å². The number of ether oxygens (including phenoxy) is 4. The van der Waals surface area contributed by atoms with E-state index in [2.05, 4.69) is 21.1 Å². The third kappa shape index (κ3) is 9.41. The SMILES string of the molecule is Cc1noc(C)c1NC(=O)Nc1ccc2c(c1)C(=O)N([C@H](C)CO)C[C@H](C)[C@H](CN(C)C(=O)Nc1ccc3c(c1)OCO3)OCCCC[C@@H](C)O2. The van der Waals surface area contributed by atoms with Crippen LogP contribution in [-0.2, 0) is 4.74 Å². The fourth-order valence-electron chi connectivity index (χ4n) is 5.95. The summed E-state index contributed by atoms with van der Waals surface area (Å²) in [7, 11) is 1.69. The van der Waals surface area contributed by atoms with Gasteiger partial charge in [0.15, 0.2) is 17.3 Å². The van der Waals surface area contributed by atoms with Crippen LogP contribution in [0, 0.1) is 19.8 Å². The zero-order chi connectivity index (χ0) is 36.7. The van der Waals surface area contributed by atoms with Gasteiger partial charge in [-0.25, -0.2) is 9.59 Å². The van der Waals surface area contributed by atoms with E-state index in [1.165, 1.54) is 0 Å². The maximum Gasteiger partial charge on any atom is 0.323 e. The Hall–Kier alpha value is -5.02. The fraction of sp³-hybridized carbons (Fsp3) is 0.500. The molecule has 4 atom stereocenters. The number of carbonyl (C=O) groups excluding carboxylic acids is 3. The fourth-order valence-corrected chi connectivity index (χ4v) is 5.95. The van der Waals surface area contributed by atoms with Crippen molar-refractivity contribution in [2.24, 2.45) is 5.92 Å². The number of hydrogen-bond donors (Lipinski definition) is 4. The van der Waals surface area contributed by atoms with E-state index < -0.39 is 18.2 Å². The maximum atomic E-state index is 14.4. The normalized spacial score (nSPS) is 20.0. The number of amides is 5. The van der Waals surface area contributed by atoms with Gasteiger partial charge in [0.05, 0.1) is 30.4 Å². The van der Waals surface area contributed by atoms with Crippen LogP contribution in [-0.4, -0.2) is 96.4 Å². The molecule has 0 aliphatic carbocycles. The van der Waals surface area contributed by atoms with Crippen LogP contribution in [0.4, 0.5) is 26.7 Å². The van der Waals surface area contributed by atoms with Crippen LogP contribution in [0.3, 0.4) is 0 Å². The molecule has 2 aliphatic rings. The molecule has 3 aromatic rings. The van der Waals surface area contributed by atoms with Gasteiger partial charge >= 0.3 is 12.1 Å². The molecule has 0 bridgehead atoms. The van der Waals surface area contributed by atoms with Crippen molar-refractivity contribution in [3.8, 4) is 17.2 Å². The number of carbonyl (C=O) groups is 3. The second kappa shape index (κ2) is 16.8. The number of fused-ring (bicyclic) bond motifs is 2. The molecule has 2 aromatic carbocycles. The van der Waals surface area contributed by atoms with E-state index in [1.807, 2.05) is 13.8 Å². The summed E-state index contributed by atoms with van der Waals surface area (Å²) in [6.45, 7) is 9.84. The van der Waals surface area contributed by atoms with Crippen LogP contribution < -0.4 is 30.2 Å². The van der Waals surface area contributed by atoms with Crippen molar-refractivity contribution >= 4 is 35.0 Å². The van der Waals surface area contributed by atoms with Gasteiger partial charge < -0.3 is 54.3 Å². The second-order valence-corrected chi connectivity index (χ2v) is 13.2. The van der Waals surface area contributed by atoms with Crippen LogP contribution in [0.2, 0.25) is 0 Å². The molecule has 5 rings (SSSR count). The molecule has 15 nitrogen and oxygen atoms in total. The van der Waals surface area contributed by atoms with Gasteiger partial charge in [-0.05, 0) is 77.3 Å². The van der Waals surface area contributed by atoms with Gasteiger partial charge in [0.25, 0.3) is 5.91 Å². The first kappa shape index (κ1) is 37.2. The lowest BCUT2D eigenvalue weighted by Crippen LogP contribution is -2.48. The minimum Gasteiger partial charge on any atom is -0.490 e. The van der Waals surface area contributed by atoms with E-state index in [-0.39, 0.29) is 56.0 Å². The first-order chi connectivity index (χ1) is 24.4. The number of urea groups is 2. The monoisotopic (exact) mass is 708 g/mol. The number of aryl methyl sites for hydroxylation is 2. The summed E-state index contributed by atoms with van der Waals surface area (Å²) >= 11 is 0. The number of likely N-dealkylation sites (N-methyl/N-ethyl adjacent to an activating group) is 1. The topological polar surface area (TPSA) is 177 Å². The number of benzene rings is 2. The second-order valence-electron chi connectivity index (χ2n) is 13.2. The Balaban J connectivity index is 1.35. The number of aromatic nitrogens is 1. The number of hydrogen-bond acceptors (Lipinski definition) is 10. The lowest BCUT2D eigenvalue weighted by atomic mass is 10.0. The molecule has 0 saturated carbocycles. The molecular weight excluding hydrogens is 660 g/mol. The van der Waals surface area contributed by atoms with E-state index in [4.69, 9.17) is 23.5 Å². The number of nitrogens with zero attached hydrogens (tertiary/aromatic N) is 3. The maximum absolute atomic E-state index is 14.4. The number of nitrogens with one attached hydrogen (secondary N) is 3. The van der Waals surface area contributed by atoms with Crippen molar-refractivity contribution in [2.75, 3.05) is 56.1 Å². The third-order valence-electron chi connectivity index (χ3n) is 9.01. The van der Waals surface area contributed by atoms with Gasteiger partial charge in [0.1, 0.15) is 17.1 Å². The van der Waals surface area contributed by atoms with Gasteiger partial charge in [-0.3, -0.25) is 4.79 Å². The average molecular weight is 709 g/mol. The van der Waals surface area contributed by atoms with E-state index in [9.17, 15) is 19.5 Å². The van der Waals surface area contributed by atoms with Crippen molar-refractivity contribution in [3.63, 3.8) is 0 Å². The first-order valence-corrected chi connectivity index (χ1v) is 17.2. The smallest absolute Gasteiger partial charge is 0.323 e. The number of aliphatic hydroxyl groups excluding tert-OH is 1. The highest BCUT2D eigenvalue weighted by Crippen LogP contribution is 2.34. The zero-order valence-electron chi connectivity index (χ0n) is 30.0. The molecule has 3 heterocycles. The zero-order valence-corrected chi connectivity index (χ0v) is 30.0. The van der Waals surface area contributed by atoms with Crippen molar-refractivity contribution in [1.82, 2.24) is 15.0 Å². The molecule has 0 spiro atoms. The molecule has 0 unspecified atom stereocenters. The molecular formula is C36H48N6O9. The van der Waals surface area contributed by atoms with Gasteiger partial charge in [-0.1, -0.05) is 12.1 Å². The number of aliphatic hydroxyl groups is 1. The highest BCUT2D eigenvalue weighted by atomic mass is 16.7. The first-order valence-electron chi connectivity index (χ1n) is 17.2. The summed E-state index contributed by atoms with van der Waals surface area (Å²) in [6, 6.07) is 8.69. The van der Waals surface area contributed by atoms with Gasteiger partial charge in [0.2, 0.25) is 6.79 Å². The summed E-state index contributed by atoms with van der Waals surface area (Å²) in [6.07, 6.45) is 1.66. The Bertz CT molecular complexity index is 1680. The standard InChI is InChI=1S/C36H48N6O9/c1-21-17-42(22(2)19-43)34(44)28-15-26(37-35(45)39-33-24(4)40-51-25(33)5)10-12-29(28)50-23(3)9-7-8-14-47-32(21)18-41(6)36(46)38-27-11-13-30-31(16-27)49-20-48-30/h10-13,15-16,21-23,32,43H,7-9,14,17-20H2,1-6H3,(H,38,46)(H2,37,39,45)/t21-,22+,23+,32-/m0/s1. The molecule has 4 N–H and O–H groups in total. The lowest BCUT2D eigenvalue weighted by Gasteiger charge is -2.35. The van der Waals surface area contributed by atoms with Gasteiger partial charge in [-0.2, -0.15) is 0 Å². The summed E-state index contributed by atoms with van der Waals surface area (Å²) in [5.41, 5.74) is 2.16. The molecule has 0 radical (unpaired) electrons. The van der Waals surface area contributed by atoms with E-state index in [1.54, 1.807) is 74.0 Å². The summed E-state index contributed by atoms with van der Waals surface area (Å²) in [5.74, 6) is 1.38. The Morgan fingerprint density at radius 1 is 1.02 bits per heavy atom. The molecule has 0 saturated heterocycles. The van der Waals surface area contributed by atoms with Crippen molar-refractivity contribution in [1.29, 1.82) is 0 Å². The van der Waals surface area contributed by atoms with E-state index in [0.29, 0.717) is 58.8 Å². The number of rotatable bonds is 7. The molecule has 5 amide bonds. The molecule has 1 aromatic heterocycles. The molecule has 276 valence electrons. The molecule has 2 aliphatic heterocycles. The van der Waals surface area contributed by atoms with Crippen LogP contribution in [0.25, 0.3) is 0 Å². The van der Waals surface area contributed by atoms with Crippen molar-refractivity contribution in [3.05, 3.63) is 53.4 Å². The van der Waals surface area contributed by atoms with Gasteiger partial charge in [0, 0.05) is 50.1 Å². The largest absolute Gasteiger partial charge is 0.490 e. The Kier molecular flexibility index (Phi) is 12.3. The van der Waals surface area contributed by atoms with Crippen LogP contribution in [0.15, 0.2) is 40.9 Å². The minimum atomic E-state index is -0.565. The molecule has 51 heavy (non-hydrogen) atoms. The van der Waals surface area contributed by atoms with Crippen LogP contribution >= 0.6 is 0 Å². The molecule has 15 heteroatoms. The third-order valence-corrected chi connectivity index (χ3v) is 9.01. The van der Waals surface area contributed by atoms with E-state index >= 15 is 0 Å². The van der Waals surface area contributed by atoms with Gasteiger partial charge in [-0.15, -0.1) is 0 Å². The Labute approximate surface area is 297 Å². The predicted molar refractivity (Wildman–Crippen MR) is 190 cm³/mol. The minimum absolute atomic E-state index is 0.134. The number of anilines is 3. The molecule has 0 fully saturated rings. The van der Waals surface area contributed by atoms with Crippen molar-refractivity contribution in [2.45, 2.75) is 72.1 Å². The summed E-state index contributed by atoms with van der Waals surface area (Å²) < 4.78 is 28.6. The Morgan fingerprint density at radius 3 is 2.47 bits per heavy atom. The summed E-state index contributed by atoms with van der Waals surface area (Å²) in [4.78, 5) is 43.7. The summed E-state index contributed by atoms with van der Waals surface area (Å²) in [5, 5.41) is 22.6. The highest BCUT2D eigenvalue weighted by Gasteiger charge is 2.31. The Morgan fingerprint density at radius 2 is 1.75 bits per heavy atom. The lowest BCUT2D eigenvalue weighted by molar-refractivity contribution is -0.0115. The predicted octanol–water partition coefficient (Wildman–Crippen LogP) is 5.62. The van der Waals surface area contributed by atoms with Crippen LogP contribution in [0.5, 0.6) is 17.2 Å². The van der Waals surface area contributed by atoms with Crippen molar-refractivity contribution < 1.29 is 43.0 Å². The quantitative estimate of drug-likeness (QED) is 0.241. The van der Waals surface area contributed by atoms with E-state index in [0.717, 1.165) is 12.8 Å². The highest BCUT2D eigenvalue weighted by molar-refractivity contribution is 6.03.